The lowest BCUT2D eigenvalue weighted by molar-refractivity contribution is -0.136. The second-order valence-corrected chi connectivity index (χ2v) is 6.22. The number of halogens is 3. The fourth-order valence-electron chi connectivity index (χ4n) is 3.02. The molecule has 1 aromatic heterocycles. The van der Waals surface area contributed by atoms with Gasteiger partial charge in [-0.15, -0.1) is 0 Å². The minimum atomic E-state index is -4.67. The lowest BCUT2D eigenvalue weighted by atomic mass is 10.1. The van der Waals surface area contributed by atoms with E-state index >= 15 is 0 Å². The van der Waals surface area contributed by atoms with Gasteiger partial charge in [0.2, 0.25) is 0 Å². The van der Waals surface area contributed by atoms with E-state index in [4.69, 9.17) is 9.15 Å². The summed E-state index contributed by atoms with van der Waals surface area (Å²) >= 11 is 0. The molecular weight excluding hydrogens is 351 g/mol. The van der Waals surface area contributed by atoms with E-state index in [0.29, 0.717) is 19.2 Å². The number of hydrogen-bond acceptors (Lipinski definition) is 4. The molecule has 1 amide bonds. The van der Waals surface area contributed by atoms with E-state index in [9.17, 15) is 22.8 Å². The Morgan fingerprint density at radius 2 is 1.81 bits per heavy atom. The van der Waals surface area contributed by atoms with Gasteiger partial charge in [-0.3, -0.25) is 4.79 Å². The van der Waals surface area contributed by atoms with E-state index in [-0.39, 0.29) is 29.2 Å². The third kappa shape index (κ3) is 4.17. The predicted molar refractivity (Wildman–Crippen MR) is 88.0 cm³/mol. The third-order valence-corrected chi connectivity index (χ3v) is 4.34. The average Bonchev–Trinajstić information content (AvgIpc) is 2.87. The van der Waals surface area contributed by atoms with E-state index in [0.717, 1.165) is 25.7 Å². The molecule has 26 heavy (non-hydrogen) atoms. The van der Waals surface area contributed by atoms with Gasteiger partial charge < -0.3 is 14.1 Å². The van der Waals surface area contributed by atoms with Crippen LogP contribution in [0.4, 0.5) is 13.2 Å². The van der Waals surface area contributed by atoms with Crippen LogP contribution in [0, 0.1) is 0 Å². The third-order valence-electron chi connectivity index (χ3n) is 4.34. The normalized spacial score (nSPS) is 15.7. The van der Waals surface area contributed by atoms with Crippen LogP contribution in [0.1, 0.15) is 31.2 Å². The maximum atomic E-state index is 13.0. The van der Waals surface area contributed by atoms with Crippen LogP contribution in [-0.4, -0.2) is 30.5 Å². The summed E-state index contributed by atoms with van der Waals surface area (Å²) in [4.78, 5) is 25.3. The van der Waals surface area contributed by atoms with Crippen molar-refractivity contribution in [2.45, 2.75) is 31.9 Å². The standard InChI is InChI=1S/C18H18F3NO4/c19-18(20,21)14-10-17(24)26-15-9-12(5-6-13(14)15)25-11-16(23)22-7-3-1-2-4-8-22/h5-6,9-10H,1-4,7-8,11H2. The average molecular weight is 369 g/mol. The van der Waals surface area contributed by atoms with Gasteiger partial charge in [0.15, 0.2) is 6.61 Å². The Morgan fingerprint density at radius 1 is 1.12 bits per heavy atom. The van der Waals surface area contributed by atoms with Gasteiger partial charge in [-0.2, -0.15) is 13.2 Å². The Kier molecular flexibility index (Phi) is 5.20. The van der Waals surface area contributed by atoms with E-state index in [1.165, 1.54) is 18.2 Å². The fraction of sp³-hybridized carbons (Fsp3) is 0.444. The van der Waals surface area contributed by atoms with Crippen molar-refractivity contribution in [1.82, 2.24) is 4.90 Å². The van der Waals surface area contributed by atoms with Crippen molar-refractivity contribution in [2.24, 2.45) is 0 Å². The van der Waals surface area contributed by atoms with Crippen LogP contribution in [0.15, 0.2) is 33.5 Å². The molecule has 0 spiro atoms. The van der Waals surface area contributed by atoms with Gasteiger partial charge in [-0.1, -0.05) is 12.8 Å². The highest BCUT2D eigenvalue weighted by Crippen LogP contribution is 2.34. The number of amides is 1. The van der Waals surface area contributed by atoms with Crippen LogP contribution in [0.25, 0.3) is 11.0 Å². The number of hydrogen-bond donors (Lipinski definition) is 0. The van der Waals surface area contributed by atoms with E-state index in [1.54, 1.807) is 4.90 Å². The van der Waals surface area contributed by atoms with Crippen molar-refractivity contribution in [3.63, 3.8) is 0 Å². The van der Waals surface area contributed by atoms with Gasteiger partial charge in [0.25, 0.3) is 5.91 Å². The van der Waals surface area contributed by atoms with Crippen LogP contribution in [0.5, 0.6) is 5.75 Å². The quantitative estimate of drug-likeness (QED) is 0.776. The molecule has 0 radical (unpaired) electrons. The number of rotatable bonds is 3. The summed E-state index contributed by atoms with van der Waals surface area (Å²) in [5.41, 5.74) is -2.39. The van der Waals surface area contributed by atoms with Gasteiger partial charge in [-0.05, 0) is 25.0 Å². The molecule has 1 aromatic carbocycles. The lowest BCUT2D eigenvalue weighted by Gasteiger charge is -2.20. The number of benzene rings is 1. The van der Waals surface area contributed by atoms with Crippen molar-refractivity contribution in [3.05, 3.63) is 40.2 Å². The molecule has 140 valence electrons. The molecule has 0 unspecified atom stereocenters. The molecule has 0 N–H and O–H groups in total. The summed E-state index contributed by atoms with van der Waals surface area (Å²) in [6, 6.07) is 4.12. The summed E-state index contributed by atoms with van der Waals surface area (Å²) in [6.45, 7) is 1.15. The SMILES string of the molecule is O=C(COc1ccc2c(C(F)(F)F)cc(=O)oc2c1)N1CCCCCC1. The maximum Gasteiger partial charge on any atom is 0.417 e. The molecule has 1 saturated heterocycles. The van der Waals surface area contributed by atoms with Gasteiger partial charge in [0.1, 0.15) is 11.3 Å². The second-order valence-electron chi connectivity index (χ2n) is 6.22. The molecule has 0 saturated carbocycles. The molecule has 1 fully saturated rings. The lowest BCUT2D eigenvalue weighted by Crippen LogP contribution is -2.35. The van der Waals surface area contributed by atoms with E-state index in [2.05, 4.69) is 0 Å². The van der Waals surface area contributed by atoms with Gasteiger partial charge in [0.05, 0.1) is 5.56 Å². The summed E-state index contributed by atoms with van der Waals surface area (Å²) in [6.07, 6.45) is -0.578. The summed E-state index contributed by atoms with van der Waals surface area (Å²) in [5.74, 6) is 0.000591. The van der Waals surface area contributed by atoms with Crippen LogP contribution >= 0.6 is 0 Å². The summed E-state index contributed by atoms with van der Waals surface area (Å²) in [5, 5.41) is -0.233. The number of fused-ring (bicyclic) bond motifs is 1. The fourth-order valence-corrected chi connectivity index (χ4v) is 3.02. The molecule has 1 aliphatic heterocycles. The van der Waals surface area contributed by atoms with Gasteiger partial charge in [0, 0.05) is 30.6 Å². The zero-order valence-electron chi connectivity index (χ0n) is 14.0. The Bertz CT molecular complexity index is 852. The number of likely N-dealkylation sites (tertiary alicyclic amines) is 1. The molecule has 2 heterocycles. The minimum Gasteiger partial charge on any atom is -0.484 e. The Labute approximate surface area is 147 Å². The molecule has 0 bridgehead atoms. The molecule has 3 rings (SSSR count). The number of nitrogens with zero attached hydrogens (tertiary/aromatic N) is 1. The van der Waals surface area contributed by atoms with E-state index in [1.807, 2.05) is 0 Å². The van der Waals surface area contributed by atoms with Gasteiger partial charge >= 0.3 is 11.8 Å². The van der Waals surface area contributed by atoms with Crippen molar-refractivity contribution < 1.29 is 27.1 Å². The molecule has 1 aliphatic rings. The molecule has 5 nitrogen and oxygen atoms in total. The smallest absolute Gasteiger partial charge is 0.417 e. The first-order valence-electron chi connectivity index (χ1n) is 8.40. The molecule has 8 heteroatoms. The molecule has 0 aliphatic carbocycles. The molecule has 0 atom stereocenters. The highest BCUT2D eigenvalue weighted by atomic mass is 19.4. The number of alkyl halides is 3. The van der Waals surface area contributed by atoms with Crippen molar-refractivity contribution in [3.8, 4) is 5.75 Å². The maximum absolute atomic E-state index is 13.0. The highest BCUT2D eigenvalue weighted by molar-refractivity contribution is 5.82. The largest absolute Gasteiger partial charge is 0.484 e. The minimum absolute atomic E-state index is 0.169. The van der Waals surface area contributed by atoms with Crippen LogP contribution in [0.3, 0.4) is 0 Å². The number of ether oxygens (including phenoxy) is 1. The first-order chi connectivity index (χ1) is 12.3. The Balaban J connectivity index is 1.77. The van der Waals surface area contributed by atoms with Crippen LogP contribution in [0.2, 0.25) is 0 Å². The highest BCUT2D eigenvalue weighted by Gasteiger charge is 2.33. The zero-order chi connectivity index (χ0) is 18.7. The van der Waals surface area contributed by atoms with Gasteiger partial charge in [-0.25, -0.2) is 4.79 Å². The summed E-state index contributed by atoms with van der Waals surface area (Å²) in [7, 11) is 0. The topological polar surface area (TPSA) is 59.8 Å². The summed E-state index contributed by atoms with van der Waals surface area (Å²) < 4.78 is 49.3. The molecular formula is C18H18F3NO4. The van der Waals surface area contributed by atoms with Crippen LogP contribution < -0.4 is 10.4 Å². The van der Waals surface area contributed by atoms with Crippen LogP contribution in [-0.2, 0) is 11.0 Å². The van der Waals surface area contributed by atoms with E-state index < -0.39 is 17.4 Å². The van der Waals surface area contributed by atoms with Crippen molar-refractivity contribution in [1.29, 1.82) is 0 Å². The monoisotopic (exact) mass is 369 g/mol. The first kappa shape index (κ1) is 18.3. The number of carbonyl (C=O) groups excluding carboxylic acids is 1. The Morgan fingerprint density at radius 3 is 2.46 bits per heavy atom. The molecule has 2 aromatic rings. The van der Waals surface area contributed by atoms with Crippen molar-refractivity contribution >= 4 is 16.9 Å². The predicted octanol–water partition coefficient (Wildman–Crippen LogP) is 3.59. The zero-order valence-corrected chi connectivity index (χ0v) is 14.0. The van der Waals surface area contributed by atoms with Crippen molar-refractivity contribution in [2.75, 3.05) is 19.7 Å². The second kappa shape index (κ2) is 7.39. The number of carbonyl (C=O) groups is 1. The first-order valence-corrected chi connectivity index (χ1v) is 8.40. The Hall–Kier alpha value is -2.51.